The van der Waals surface area contributed by atoms with E-state index in [1.807, 2.05) is 0 Å². The summed E-state index contributed by atoms with van der Waals surface area (Å²) in [5.74, 6) is -1.40. The minimum Gasteiger partial charge on any atom is -0.755 e. The van der Waals surface area contributed by atoms with E-state index >= 15 is 0 Å². The Bertz CT molecular complexity index is 792. The van der Waals surface area contributed by atoms with Gasteiger partial charge in [-0.2, -0.15) is 5.10 Å². The largest absolute Gasteiger partial charge is 0.755 e. The second kappa shape index (κ2) is 6.04. The molecule has 21 heavy (non-hydrogen) atoms. The lowest BCUT2D eigenvalue weighted by Crippen LogP contribution is -2.18. The molecule has 0 amide bonds. The maximum Gasteiger partial charge on any atom is 0.341 e. The summed E-state index contributed by atoms with van der Waals surface area (Å²) in [5.41, 5.74) is -0.669. The number of carboxylic acid groups (broad SMARTS) is 1. The van der Waals surface area contributed by atoms with Gasteiger partial charge in [-0.1, -0.05) is 17.7 Å². The van der Waals surface area contributed by atoms with Gasteiger partial charge in [0.05, 0.1) is 16.4 Å². The SMILES string of the molecule is O=C(O)c1cc(-c2ccc(Cl)c(NS(=O)[O-])c2)n[nH]c1=O. The van der Waals surface area contributed by atoms with E-state index in [4.69, 9.17) is 16.7 Å². The highest BCUT2D eigenvalue weighted by atomic mass is 35.5. The number of nitrogens with zero attached hydrogens (tertiary/aromatic N) is 1. The molecule has 1 heterocycles. The van der Waals surface area contributed by atoms with Crippen molar-refractivity contribution in [1.82, 2.24) is 10.2 Å². The quantitative estimate of drug-likeness (QED) is 0.716. The second-order valence-electron chi connectivity index (χ2n) is 3.83. The normalized spacial score (nSPS) is 11.9. The molecule has 0 bridgehead atoms. The van der Waals surface area contributed by atoms with E-state index in [1.165, 1.54) is 18.2 Å². The third-order valence-electron chi connectivity index (χ3n) is 2.49. The Morgan fingerprint density at radius 3 is 2.76 bits per heavy atom. The first-order valence-electron chi connectivity index (χ1n) is 5.37. The Morgan fingerprint density at radius 1 is 1.43 bits per heavy atom. The highest BCUT2D eigenvalue weighted by Gasteiger charge is 2.12. The van der Waals surface area contributed by atoms with E-state index in [1.54, 1.807) is 0 Å². The van der Waals surface area contributed by atoms with E-state index in [9.17, 15) is 18.4 Å². The topological polar surface area (TPSA) is 135 Å². The monoisotopic (exact) mass is 328 g/mol. The minimum absolute atomic E-state index is 0.104. The zero-order valence-electron chi connectivity index (χ0n) is 10.1. The zero-order valence-corrected chi connectivity index (χ0v) is 11.7. The van der Waals surface area contributed by atoms with E-state index in [0.29, 0.717) is 5.56 Å². The molecule has 8 nitrogen and oxygen atoms in total. The first-order valence-corrected chi connectivity index (χ1v) is 6.82. The summed E-state index contributed by atoms with van der Waals surface area (Å²) in [6.07, 6.45) is 0. The lowest BCUT2D eigenvalue weighted by Gasteiger charge is -2.11. The number of aromatic carboxylic acids is 1. The highest BCUT2D eigenvalue weighted by Crippen LogP contribution is 2.28. The van der Waals surface area contributed by atoms with Crippen molar-refractivity contribution in [2.75, 3.05) is 4.72 Å². The zero-order chi connectivity index (χ0) is 15.6. The molecule has 1 atom stereocenters. The lowest BCUT2D eigenvalue weighted by atomic mass is 10.1. The molecular weight excluding hydrogens is 322 g/mol. The van der Waals surface area contributed by atoms with Crippen LogP contribution in [0.4, 0.5) is 5.69 Å². The van der Waals surface area contributed by atoms with Crippen LogP contribution >= 0.6 is 11.6 Å². The van der Waals surface area contributed by atoms with Crippen LogP contribution in [-0.2, 0) is 11.3 Å². The molecule has 1 unspecified atom stereocenters. The lowest BCUT2D eigenvalue weighted by molar-refractivity contribution is 0.0694. The number of H-pyrrole nitrogens is 1. The second-order valence-corrected chi connectivity index (χ2v) is 4.91. The molecule has 1 aromatic heterocycles. The standard InChI is InChI=1S/C11H8ClN3O5S/c12-7-2-1-5(3-9(7)15-21(19)20)8-4-6(11(17)18)10(16)14-13-8/h1-4,15H,(H,14,16)(H,17,18)(H,19,20)/p-1. The summed E-state index contributed by atoms with van der Waals surface area (Å²) >= 11 is 3.26. The Hall–Kier alpha value is -2.23. The summed E-state index contributed by atoms with van der Waals surface area (Å²) < 4.78 is 23.4. The van der Waals surface area contributed by atoms with Gasteiger partial charge < -0.3 is 14.4 Å². The third-order valence-corrected chi connectivity index (χ3v) is 3.21. The van der Waals surface area contributed by atoms with Crippen molar-refractivity contribution in [1.29, 1.82) is 0 Å². The number of carbonyl (C=O) groups is 1. The van der Waals surface area contributed by atoms with Crippen molar-refractivity contribution in [2.24, 2.45) is 0 Å². The van der Waals surface area contributed by atoms with Gasteiger partial charge in [0.1, 0.15) is 5.56 Å². The molecule has 2 aromatic rings. The molecule has 0 saturated carbocycles. The molecule has 0 aliphatic carbocycles. The van der Waals surface area contributed by atoms with E-state index < -0.39 is 28.4 Å². The molecule has 0 aliphatic rings. The van der Waals surface area contributed by atoms with E-state index in [0.717, 1.165) is 6.07 Å². The Labute approximate surface area is 125 Å². The van der Waals surface area contributed by atoms with Crippen molar-refractivity contribution in [3.8, 4) is 11.3 Å². The maximum atomic E-state index is 11.3. The molecule has 0 spiro atoms. The summed E-state index contributed by atoms with van der Waals surface area (Å²) in [6, 6.07) is 5.37. The molecule has 3 N–H and O–H groups in total. The van der Waals surface area contributed by atoms with Crippen molar-refractivity contribution < 1.29 is 18.7 Å². The van der Waals surface area contributed by atoms with Gasteiger partial charge in [0.2, 0.25) is 0 Å². The molecule has 1 aromatic carbocycles. The Balaban J connectivity index is 2.52. The summed E-state index contributed by atoms with van der Waals surface area (Å²) in [6.45, 7) is 0. The summed E-state index contributed by atoms with van der Waals surface area (Å²) in [7, 11) is 0. The number of aromatic amines is 1. The van der Waals surface area contributed by atoms with Crippen LogP contribution in [0.3, 0.4) is 0 Å². The number of carboxylic acids is 1. The number of halogens is 1. The Morgan fingerprint density at radius 2 is 2.14 bits per heavy atom. The van der Waals surface area contributed by atoms with Gasteiger partial charge in [-0.25, -0.2) is 9.89 Å². The molecule has 10 heteroatoms. The van der Waals surface area contributed by atoms with Crippen LogP contribution in [0, 0.1) is 0 Å². The van der Waals surface area contributed by atoms with Crippen LogP contribution in [-0.4, -0.2) is 30.0 Å². The fourth-order valence-electron chi connectivity index (χ4n) is 1.57. The number of rotatable bonds is 4. The van der Waals surface area contributed by atoms with Crippen LogP contribution in [0.25, 0.3) is 11.3 Å². The van der Waals surface area contributed by atoms with Gasteiger partial charge in [0.25, 0.3) is 5.56 Å². The number of aromatic nitrogens is 2. The highest BCUT2D eigenvalue weighted by molar-refractivity contribution is 7.80. The van der Waals surface area contributed by atoms with Gasteiger partial charge in [0, 0.05) is 16.8 Å². The number of hydrogen-bond donors (Lipinski definition) is 3. The van der Waals surface area contributed by atoms with Crippen molar-refractivity contribution >= 4 is 34.5 Å². The fraction of sp³-hybridized carbons (Fsp3) is 0. The first-order chi connectivity index (χ1) is 9.88. The first kappa shape index (κ1) is 15.2. The molecule has 2 rings (SSSR count). The number of anilines is 1. The molecule has 0 fully saturated rings. The number of nitrogens with one attached hydrogen (secondary N) is 2. The fourth-order valence-corrected chi connectivity index (χ4v) is 2.13. The maximum absolute atomic E-state index is 11.3. The average Bonchev–Trinajstić information content (AvgIpc) is 2.41. The van der Waals surface area contributed by atoms with Crippen LogP contribution in [0.2, 0.25) is 5.02 Å². The predicted octanol–water partition coefficient (Wildman–Crippen LogP) is 0.994. The van der Waals surface area contributed by atoms with Gasteiger partial charge in [-0.05, 0) is 18.2 Å². The van der Waals surface area contributed by atoms with Gasteiger partial charge >= 0.3 is 5.97 Å². The molecule has 110 valence electrons. The molecule has 0 saturated heterocycles. The Kier molecular flexibility index (Phi) is 4.36. The van der Waals surface area contributed by atoms with E-state index in [-0.39, 0.29) is 16.4 Å². The van der Waals surface area contributed by atoms with Gasteiger partial charge in [-0.15, -0.1) is 0 Å². The summed E-state index contributed by atoms with van der Waals surface area (Å²) in [5, 5.41) is 14.8. The molecule has 0 aliphatic heterocycles. The minimum atomic E-state index is -2.56. The van der Waals surface area contributed by atoms with Crippen LogP contribution in [0.5, 0.6) is 0 Å². The molecule has 0 radical (unpaired) electrons. The predicted molar refractivity (Wildman–Crippen MR) is 74.8 cm³/mol. The number of benzene rings is 1. The van der Waals surface area contributed by atoms with E-state index in [2.05, 4.69) is 14.9 Å². The van der Waals surface area contributed by atoms with Crippen LogP contribution < -0.4 is 10.3 Å². The number of hydrogen-bond acceptors (Lipinski definition) is 5. The van der Waals surface area contributed by atoms with Crippen molar-refractivity contribution in [3.63, 3.8) is 0 Å². The van der Waals surface area contributed by atoms with Crippen LogP contribution in [0.1, 0.15) is 10.4 Å². The van der Waals surface area contributed by atoms with Gasteiger partial charge in [0.15, 0.2) is 0 Å². The van der Waals surface area contributed by atoms with Crippen molar-refractivity contribution in [3.05, 3.63) is 45.2 Å². The summed E-state index contributed by atoms with van der Waals surface area (Å²) in [4.78, 5) is 22.2. The molecular formula is C11H7ClN3O5S-. The average molecular weight is 329 g/mol. The van der Waals surface area contributed by atoms with Crippen molar-refractivity contribution in [2.45, 2.75) is 0 Å². The van der Waals surface area contributed by atoms with Gasteiger partial charge in [-0.3, -0.25) is 9.00 Å². The third kappa shape index (κ3) is 3.45. The smallest absolute Gasteiger partial charge is 0.341 e. The van der Waals surface area contributed by atoms with Crippen LogP contribution in [0.15, 0.2) is 29.1 Å².